The third kappa shape index (κ3) is 3.50. The summed E-state index contributed by atoms with van der Waals surface area (Å²) in [5, 5.41) is 14.5. The highest BCUT2D eigenvalue weighted by atomic mass is 19.4. The number of amides is 1. The topological polar surface area (TPSA) is 84.2 Å². The minimum atomic E-state index is -4.75. The molecule has 0 aliphatic carbocycles. The number of aromatic nitrogens is 2. The lowest BCUT2D eigenvalue weighted by molar-refractivity contribution is -0.141. The van der Waals surface area contributed by atoms with Gasteiger partial charge in [-0.2, -0.15) is 18.3 Å². The quantitative estimate of drug-likeness (QED) is 0.908. The van der Waals surface area contributed by atoms with Gasteiger partial charge in [0.2, 0.25) is 0 Å². The van der Waals surface area contributed by atoms with Crippen molar-refractivity contribution in [2.45, 2.75) is 13.1 Å². The molecule has 1 heterocycles. The molecule has 0 unspecified atom stereocenters. The average molecular weight is 327 g/mol. The second-order valence-corrected chi connectivity index (χ2v) is 4.85. The summed E-state index contributed by atoms with van der Waals surface area (Å²) in [4.78, 5) is 23.0. The summed E-state index contributed by atoms with van der Waals surface area (Å²) in [5.41, 5.74) is -1.29. The normalized spacial score (nSPS) is 11.3. The Morgan fingerprint density at radius 1 is 1.26 bits per heavy atom. The SMILES string of the molecule is Cc1cc(NC(=O)c2cn(C)nc2C(F)(F)F)ccc1C(=O)O. The molecule has 9 heteroatoms. The molecule has 1 aromatic heterocycles. The summed E-state index contributed by atoms with van der Waals surface area (Å²) in [5.74, 6) is -2.11. The molecule has 0 spiro atoms. The van der Waals surface area contributed by atoms with Gasteiger partial charge in [-0.15, -0.1) is 0 Å². The first-order valence-electron chi connectivity index (χ1n) is 6.35. The Labute approximate surface area is 128 Å². The van der Waals surface area contributed by atoms with E-state index in [1.807, 2.05) is 0 Å². The Balaban J connectivity index is 2.30. The third-order valence-electron chi connectivity index (χ3n) is 3.06. The number of carbonyl (C=O) groups excluding carboxylic acids is 1. The molecular formula is C14H12F3N3O3. The standard InChI is InChI=1S/C14H12F3N3O3/c1-7-5-8(3-4-9(7)13(22)23)18-12(21)10-6-20(2)19-11(10)14(15,16)17/h3-6H,1-2H3,(H,18,21)(H,22,23). The van der Waals surface area contributed by atoms with Crippen molar-refractivity contribution < 1.29 is 27.9 Å². The maximum Gasteiger partial charge on any atom is 0.435 e. The van der Waals surface area contributed by atoms with E-state index in [2.05, 4.69) is 10.4 Å². The smallest absolute Gasteiger partial charge is 0.435 e. The summed E-state index contributed by atoms with van der Waals surface area (Å²) in [6.45, 7) is 1.52. The van der Waals surface area contributed by atoms with Crippen LogP contribution < -0.4 is 5.32 Å². The predicted octanol–water partition coefficient (Wildman–Crippen LogP) is 2.70. The first kappa shape index (κ1) is 16.5. The van der Waals surface area contributed by atoms with E-state index < -0.39 is 29.3 Å². The van der Waals surface area contributed by atoms with Gasteiger partial charge in [-0.1, -0.05) is 0 Å². The van der Waals surface area contributed by atoms with Gasteiger partial charge in [-0.25, -0.2) is 4.79 Å². The van der Waals surface area contributed by atoms with E-state index in [0.717, 1.165) is 10.9 Å². The number of nitrogens with one attached hydrogen (secondary N) is 1. The second kappa shape index (κ2) is 5.75. The van der Waals surface area contributed by atoms with Crippen LogP contribution in [-0.4, -0.2) is 26.8 Å². The van der Waals surface area contributed by atoms with E-state index in [1.54, 1.807) is 0 Å². The van der Waals surface area contributed by atoms with E-state index in [-0.39, 0.29) is 11.3 Å². The van der Waals surface area contributed by atoms with Crippen LogP contribution in [0.4, 0.5) is 18.9 Å². The molecule has 0 atom stereocenters. The molecule has 23 heavy (non-hydrogen) atoms. The van der Waals surface area contributed by atoms with E-state index >= 15 is 0 Å². The molecule has 0 radical (unpaired) electrons. The summed E-state index contributed by atoms with van der Waals surface area (Å²) < 4.78 is 39.4. The Kier molecular flexibility index (Phi) is 4.13. The summed E-state index contributed by atoms with van der Waals surface area (Å²) >= 11 is 0. The Hall–Kier alpha value is -2.84. The van der Waals surface area contributed by atoms with Crippen LogP contribution in [0.25, 0.3) is 0 Å². The molecule has 0 saturated heterocycles. The van der Waals surface area contributed by atoms with Crippen LogP contribution in [0.5, 0.6) is 0 Å². The maximum absolute atomic E-state index is 12.8. The van der Waals surface area contributed by atoms with Gasteiger partial charge >= 0.3 is 12.1 Å². The molecule has 2 aromatic rings. The van der Waals surface area contributed by atoms with E-state index in [1.165, 1.54) is 32.2 Å². The molecule has 122 valence electrons. The molecule has 0 bridgehead atoms. The van der Waals surface area contributed by atoms with Crippen molar-refractivity contribution in [3.8, 4) is 0 Å². The van der Waals surface area contributed by atoms with Gasteiger partial charge in [0.15, 0.2) is 5.69 Å². The zero-order chi connectivity index (χ0) is 17.4. The molecule has 1 amide bonds. The molecule has 0 aliphatic rings. The number of aryl methyl sites for hydroxylation is 2. The van der Waals surface area contributed by atoms with E-state index in [9.17, 15) is 22.8 Å². The fourth-order valence-corrected chi connectivity index (χ4v) is 2.04. The van der Waals surface area contributed by atoms with E-state index in [0.29, 0.717) is 5.56 Å². The van der Waals surface area contributed by atoms with Crippen molar-refractivity contribution in [1.29, 1.82) is 0 Å². The first-order valence-corrected chi connectivity index (χ1v) is 6.35. The van der Waals surface area contributed by atoms with Gasteiger partial charge in [0, 0.05) is 18.9 Å². The molecule has 2 N–H and O–H groups in total. The zero-order valence-electron chi connectivity index (χ0n) is 12.1. The monoisotopic (exact) mass is 327 g/mol. The van der Waals surface area contributed by atoms with Gasteiger partial charge in [0.1, 0.15) is 0 Å². The number of halogens is 3. The van der Waals surface area contributed by atoms with E-state index in [4.69, 9.17) is 5.11 Å². The fraction of sp³-hybridized carbons (Fsp3) is 0.214. The lowest BCUT2D eigenvalue weighted by Gasteiger charge is -2.09. The predicted molar refractivity (Wildman–Crippen MR) is 74.3 cm³/mol. The van der Waals surface area contributed by atoms with Crippen LogP contribution in [0.3, 0.4) is 0 Å². The number of hydrogen-bond acceptors (Lipinski definition) is 3. The van der Waals surface area contributed by atoms with Gasteiger partial charge in [0.25, 0.3) is 5.91 Å². The number of carboxylic acid groups (broad SMARTS) is 1. The van der Waals surface area contributed by atoms with Crippen LogP contribution >= 0.6 is 0 Å². The number of carbonyl (C=O) groups is 2. The van der Waals surface area contributed by atoms with Gasteiger partial charge in [-0.3, -0.25) is 9.48 Å². The van der Waals surface area contributed by atoms with Crippen LogP contribution in [0.2, 0.25) is 0 Å². The summed E-state index contributed by atoms with van der Waals surface area (Å²) in [7, 11) is 1.28. The first-order chi connectivity index (χ1) is 10.6. The van der Waals surface area contributed by atoms with Gasteiger partial charge in [-0.05, 0) is 30.7 Å². The van der Waals surface area contributed by atoms with Crippen molar-refractivity contribution >= 4 is 17.6 Å². The number of alkyl halides is 3. The Bertz CT molecular complexity index is 781. The number of carboxylic acids is 1. The highest BCUT2D eigenvalue weighted by Crippen LogP contribution is 2.31. The lowest BCUT2D eigenvalue weighted by Crippen LogP contribution is -2.18. The highest BCUT2D eigenvalue weighted by molar-refractivity contribution is 6.05. The van der Waals surface area contributed by atoms with Crippen molar-refractivity contribution in [3.63, 3.8) is 0 Å². The number of nitrogens with zero attached hydrogens (tertiary/aromatic N) is 2. The van der Waals surface area contributed by atoms with Crippen molar-refractivity contribution in [1.82, 2.24) is 9.78 Å². The molecule has 6 nitrogen and oxygen atoms in total. The molecule has 0 aliphatic heterocycles. The average Bonchev–Trinajstić information content (AvgIpc) is 2.80. The number of anilines is 1. The Morgan fingerprint density at radius 2 is 1.91 bits per heavy atom. The van der Waals surface area contributed by atoms with Gasteiger partial charge < -0.3 is 10.4 Å². The number of rotatable bonds is 3. The molecule has 0 fully saturated rings. The summed E-state index contributed by atoms with van der Waals surface area (Å²) in [6, 6.07) is 3.93. The third-order valence-corrected chi connectivity index (χ3v) is 3.06. The number of hydrogen-bond donors (Lipinski definition) is 2. The van der Waals surface area contributed by atoms with Crippen LogP contribution in [0, 0.1) is 6.92 Å². The minimum Gasteiger partial charge on any atom is -0.478 e. The molecule has 1 aromatic carbocycles. The number of aromatic carboxylic acids is 1. The molecule has 0 saturated carbocycles. The fourth-order valence-electron chi connectivity index (χ4n) is 2.04. The van der Waals surface area contributed by atoms with Crippen molar-refractivity contribution in [2.24, 2.45) is 7.05 Å². The summed E-state index contributed by atoms with van der Waals surface area (Å²) in [6.07, 6.45) is -3.78. The lowest BCUT2D eigenvalue weighted by atomic mass is 10.1. The number of benzene rings is 1. The van der Waals surface area contributed by atoms with Crippen molar-refractivity contribution in [2.75, 3.05) is 5.32 Å². The minimum absolute atomic E-state index is 0.0420. The maximum atomic E-state index is 12.8. The molecule has 2 rings (SSSR count). The highest BCUT2D eigenvalue weighted by Gasteiger charge is 2.39. The Morgan fingerprint density at radius 3 is 2.43 bits per heavy atom. The largest absolute Gasteiger partial charge is 0.478 e. The van der Waals surface area contributed by atoms with Crippen molar-refractivity contribution in [3.05, 3.63) is 46.8 Å². The van der Waals surface area contributed by atoms with Crippen LogP contribution in [0.15, 0.2) is 24.4 Å². The van der Waals surface area contributed by atoms with Gasteiger partial charge in [0.05, 0.1) is 11.1 Å². The van der Waals surface area contributed by atoms with Crippen LogP contribution in [0.1, 0.15) is 32.0 Å². The zero-order valence-corrected chi connectivity index (χ0v) is 12.1. The molecular weight excluding hydrogens is 315 g/mol. The van der Waals surface area contributed by atoms with Crippen LogP contribution in [-0.2, 0) is 13.2 Å². The second-order valence-electron chi connectivity index (χ2n) is 4.85.